The average Bonchev–Trinajstić information content (AvgIpc) is 3.10. The van der Waals surface area contributed by atoms with Crippen molar-refractivity contribution in [1.82, 2.24) is 5.32 Å². The predicted molar refractivity (Wildman–Crippen MR) is 90.8 cm³/mol. The van der Waals surface area contributed by atoms with E-state index in [9.17, 15) is 0 Å². The molecule has 21 heavy (non-hydrogen) atoms. The summed E-state index contributed by atoms with van der Waals surface area (Å²) in [4.78, 5) is 0. The van der Waals surface area contributed by atoms with E-state index < -0.39 is 0 Å². The van der Waals surface area contributed by atoms with Crippen molar-refractivity contribution in [2.24, 2.45) is 17.8 Å². The predicted octanol–water partition coefficient (Wildman–Crippen LogP) is 4.41. The molecule has 2 aliphatic rings. The molecule has 0 saturated heterocycles. The number of hydrogen-bond donors (Lipinski definition) is 1. The third-order valence-electron chi connectivity index (χ3n) is 5.19. The van der Waals surface area contributed by atoms with Gasteiger partial charge in [0, 0.05) is 10.5 Å². The second kappa shape index (κ2) is 6.70. The van der Waals surface area contributed by atoms with Crippen LogP contribution in [-0.2, 0) is 6.42 Å². The first-order valence-corrected chi connectivity index (χ1v) is 9.06. The van der Waals surface area contributed by atoms with Crippen LogP contribution < -0.4 is 10.1 Å². The summed E-state index contributed by atoms with van der Waals surface area (Å²) in [5, 5.41) is 3.80. The van der Waals surface area contributed by atoms with E-state index in [-0.39, 0.29) is 0 Å². The first-order chi connectivity index (χ1) is 10.2. The SMILES string of the molecule is CCCNC(Cc1cc(Br)ccc1OC)C1CC2CC2C1. The van der Waals surface area contributed by atoms with E-state index in [1.54, 1.807) is 7.11 Å². The quantitative estimate of drug-likeness (QED) is 0.785. The van der Waals surface area contributed by atoms with Gasteiger partial charge in [0.15, 0.2) is 0 Å². The van der Waals surface area contributed by atoms with Crippen molar-refractivity contribution in [1.29, 1.82) is 0 Å². The third kappa shape index (κ3) is 3.62. The molecule has 2 nitrogen and oxygen atoms in total. The van der Waals surface area contributed by atoms with Gasteiger partial charge in [-0.1, -0.05) is 22.9 Å². The summed E-state index contributed by atoms with van der Waals surface area (Å²) < 4.78 is 6.69. The fourth-order valence-corrected chi connectivity index (χ4v) is 4.38. The number of methoxy groups -OCH3 is 1. The Kier molecular flexibility index (Phi) is 4.90. The Morgan fingerprint density at radius 1 is 1.29 bits per heavy atom. The van der Waals surface area contributed by atoms with Crippen LogP contribution in [0.15, 0.2) is 22.7 Å². The Hall–Kier alpha value is -0.540. The highest BCUT2D eigenvalue weighted by atomic mass is 79.9. The van der Waals surface area contributed by atoms with Crippen molar-refractivity contribution in [3.05, 3.63) is 28.2 Å². The van der Waals surface area contributed by atoms with E-state index in [1.165, 1.54) is 31.2 Å². The van der Waals surface area contributed by atoms with Crippen molar-refractivity contribution < 1.29 is 4.74 Å². The number of nitrogens with one attached hydrogen (secondary N) is 1. The molecule has 0 bridgehead atoms. The first kappa shape index (κ1) is 15.4. The largest absolute Gasteiger partial charge is 0.496 e. The lowest BCUT2D eigenvalue weighted by Gasteiger charge is -2.27. The minimum atomic E-state index is 0.598. The highest BCUT2D eigenvalue weighted by Gasteiger charge is 2.47. The summed E-state index contributed by atoms with van der Waals surface area (Å²) in [5.41, 5.74) is 1.32. The molecule has 0 radical (unpaired) electrons. The molecular weight excluding hydrogens is 326 g/mol. The van der Waals surface area contributed by atoms with Gasteiger partial charge in [0.25, 0.3) is 0 Å². The number of benzene rings is 1. The van der Waals surface area contributed by atoms with Crippen molar-refractivity contribution in [3.8, 4) is 5.75 Å². The van der Waals surface area contributed by atoms with Gasteiger partial charge in [-0.05, 0) is 80.2 Å². The second-order valence-electron chi connectivity index (χ2n) is 6.71. The number of fused-ring (bicyclic) bond motifs is 1. The molecule has 2 aliphatic carbocycles. The lowest BCUT2D eigenvalue weighted by atomic mass is 9.89. The maximum absolute atomic E-state index is 5.55. The summed E-state index contributed by atoms with van der Waals surface area (Å²) in [6, 6.07) is 6.94. The smallest absolute Gasteiger partial charge is 0.122 e. The number of halogens is 1. The molecule has 0 spiro atoms. The van der Waals surface area contributed by atoms with Crippen LogP contribution in [0, 0.1) is 17.8 Å². The van der Waals surface area contributed by atoms with E-state index in [4.69, 9.17) is 4.74 Å². The Morgan fingerprint density at radius 3 is 2.71 bits per heavy atom. The molecule has 3 unspecified atom stereocenters. The van der Waals surface area contributed by atoms with Gasteiger partial charge >= 0.3 is 0 Å². The summed E-state index contributed by atoms with van der Waals surface area (Å²) in [5.74, 6) is 3.96. The Labute approximate surface area is 136 Å². The highest BCUT2D eigenvalue weighted by Crippen LogP contribution is 2.55. The van der Waals surface area contributed by atoms with Gasteiger partial charge in [0.2, 0.25) is 0 Å². The normalized spacial score (nSPS) is 28.2. The van der Waals surface area contributed by atoms with Crippen LogP contribution in [0.4, 0.5) is 0 Å². The molecule has 2 saturated carbocycles. The maximum Gasteiger partial charge on any atom is 0.122 e. The zero-order valence-corrected chi connectivity index (χ0v) is 14.7. The van der Waals surface area contributed by atoms with Crippen LogP contribution in [0.25, 0.3) is 0 Å². The van der Waals surface area contributed by atoms with Crippen LogP contribution in [0.2, 0.25) is 0 Å². The van der Waals surface area contributed by atoms with Gasteiger partial charge in [-0.15, -0.1) is 0 Å². The van der Waals surface area contributed by atoms with Gasteiger partial charge in [0.1, 0.15) is 5.75 Å². The van der Waals surface area contributed by atoms with Crippen LogP contribution in [0.5, 0.6) is 5.75 Å². The van der Waals surface area contributed by atoms with Crippen molar-refractivity contribution in [3.63, 3.8) is 0 Å². The average molecular weight is 352 g/mol. The monoisotopic (exact) mass is 351 g/mol. The van der Waals surface area contributed by atoms with Crippen molar-refractivity contribution >= 4 is 15.9 Å². The van der Waals surface area contributed by atoms with Gasteiger partial charge in [-0.3, -0.25) is 0 Å². The molecule has 1 aromatic carbocycles. The van der Waals surface area contributed by atoms with Crippen LogP contribution in [-0.4, -0.2) is 19.7 Å². The highest BCUT2D eigenvalue weighted by molar-refractivity contribution is 9.10. The molecule has 0 aromatic heterocycles. The lowest BCUT2D eigenvalue weighted by Crippen LogP contribution is -2.38. The van der Waals surface area contributed by atoms with Crippen molar-refractivity contribution in [2.45, 2.75) is 45.1 Å². The minimum absolute atomic E-state index is 0.598. The Balaban J connectivity index is 1.72. The van der Waals surface area contributed by atoms with E-state index in [0.29, 0.717) is 6.04 Å². The molecule has 0 heterocycles. The zero-order chi connectivity index (χ0) is 14.8. The maximum atomic E-state index is 5.55. The molecule has 1 aromatic rings. The summed E-state index contributed by atoms with van der Waals surface area (Å²) >= 11 is 3.59. The zero-order valence-electron chi connectivity index (χ0n) is 13.1. The molecular formula is C18H26BrNO. The van der Waals surface area contributed by atoms with Crippen LogP contribution in [0.3, 0.4) is 0 Å². The fourth-order valence-electron chi connectivity index (χ4n) is 3.97. The first-order valence-electron chi connectivity index (χ1n) is 8.27. The van der Waals surface area contributed by atoms with E-state index in [1.807, 2.05) is 0 Å². The van der Waals surface area contributed by atoms with E-state index in [2.05, 4.69) is 46.4 Å². The van der Waals surface area contributed by atoms with E-state index in [0.717, 1.165) is 40.9 Å². The molecule has 0 amide bonds. The molecule has 3 rings (SSSR count). The standard InChI is InChI=1S/C18H26BrNO/c1-3-6-20-17(14-8-12-7-13(12)9-14)11-15-10-16(19)4-5-18(15)21-2/h4-5,10,12-14,17,20H,3,6-9,11H2,1-2H3. The number of ether oxygens (including phenoxy) is 1. The Morgan fingerprint density at radius 2 is 2.05 bits per heavy atom. The van der Waals surface area contributed by atoms with Gasteiger partial charge < -0.3 is 10.1 Å². The summed E-state index contributed by atoms with van der Waals surface area (Å²) in [6.07, 6.45) is 6.64. The summed E-state index contributed by atoms with van der Waals surface area (Å²) in [6.45, 7) is 3.36. The summed E-state index contributed by atoms with van der Waals surface area (Å²) in [7, 11) is 1.77. The van der Waals surface area contributed by atoms with Crippen molar-refractivity contribution in [2.75, 3.05) is 13.7 Å². The molecule has 2 fully saturated rings. The van der Waals surface area contributed by atoms with Crippen LogP contribution >= 0.6 is 15.9 Å². The molecule has 3 heteroatoms. The second-order valence-corrected chi connectivity index (χ2v) is 7.62. The molecule has 116 valence electrons. The Bertz CT molecular complexity index is 480. The molecule has 3 atom stereocenters. The molecule has 1 N–H and O–H groups in total. The van der Waals surface area contributed by atoms with E-state index >= 15 is 0 Å². The minimum Gasteiger partial charge on any atom is -0.496 e. The van der Waals surface area contributed by atoms with Gasteiger partial charge in [0.05, 0.1) is 7.11 Å². The number of rotatable bonds is 7. The number of hydrogen-bond acceptors (Lipinski definition) is 2. The molecule has 0 aliphatic heterocycles. The fraction of sp³-hybridized carbons (Fsp3) is 0.667. The van der Waals surface area contributed by atoms with Gasteiger partial charge in [-0.2, -0.15) is 0 Å². The lowest BCUT2D eigenvalue weighted by molar-refractivity contribution is 0.327. The van der Waals surface area contributed by atoms with Gasteiger partial charge in [-0.25, -0.2) is 0 Å². The topological polar surface area (TPSA) is 21.3 Å². The van der Waals surface area contributed by atoms with Crippen LogP contribution in [0.1, 0.15) is 38.2 Å². The third-order valence-corrected chi connectivity index (χ3v) is 5.68.